The van der Waals surface area contributed by atoms with Crippen LogP contribution in [0.4, 0.5) is 5.69 Å². The second-order valence-corrected chi connectivity index (χ2v) is 8.58. The molecule has 0 bridgehead atoms. The molecule has 6 nitrogen and oxygen atoms in total. The van der Waals surface area contributed by atoms with Gasteiger partial charge in [0.25, 0.3) is 5.91 Å². The third-order valence-electron chi connectivity index (χ3n) is 4.98. The average molecular weight is 389 g/mol. The largest absolute Gasteiger partial charge is 0.449 e. The second kappa shape index (κ2) is 9.71. The van der Waals surface area contributed by atoms with Crippen LogP contribution in [0.5, 0.6) is 0 Å². The number of carbonyl (C=O) groups excluding carboxylic acids is 3. The molecular weight excluding hydrogens is 356 g/mol. The van der Waals surface area contributed by atoms with E-state index in [1.54, 1.807) is 31.2 Å². The molecule has 6 heteroatoms. The molecule has 2 N–H and O–H groups in total. The smallest absolute Gasteiger partial charge is 0.338 e. The summed E-state index contributed by atoms with van der Waals surface area (Å²) in [6.45, 7) is 7.64. The zero-order valence-electron chi connectivity index (χ0n) is 17.3. The van der Waals surface area contributed by atoms with Crippen LogP contribution in [-0.4, -0.2) is 30.4 Å². The highest BCUT2D eigenvalue weighted by Gasteiger charge is 2.23. The summed E-state index contributed by atoms with van der Waals surface area (Å²) in [6, 6.07) is 6.53. The first-order valence-electron chi connectivity index (χ1n) is 10.1. The van der Waals surface area contributed by atoms with Crippen molar-refractivity contribution in [1.29, 1.82) is 0 Å². The van der Waals surface area contributed by atoms with Gasteiger partial charge in [0.05, 0.1) is 5.56 Å². The molecule has 1 aliphatic carbocycles. The van der Waals surface area contributed by atoms with Gasteiger partial charge in [-0.3, -0.25) is 9.59 Å². The maximum Gasteiger partial charge on any atom is 0.338 e. The Hall–Kier alpha value is -2.37. The molecule has 1 aromatic rings. The number of amides is 2. The van der Waals surface area contributed by atoms with Crippen molar-refractivity contribution in [2.24, 2.45) is 11.3 Å². The molecule has 2 rings (SSSR count). The number of rotatable bonds is 6. The van der Waals surface area contributed by atoms with Gasteiger partial charge in [-0.2, -0.15) is 0 Å². The number of anilines is 1. The van der Waals surface area contributed by atoms with Crippen molar-refractivity contribution < 1.29 is 19.1 Å². The highest BCUT2D eigenvalue weighted by atomic mass is 16.5. The maximum absolute atomic E-state index is 12.4. The highest BCUT2D eigenvalue weighted by Crippen LogP contribution is 2.23. The fraction of sp³-hybridized carbons (Fsp3) is 0.591. The van der Waals surface area contributed by atoms with Gasteiger partial charge >= 0.3 is 5.97 Å². The van der Waals surface area contributed by atoms with E-state index in [0.717, 1.165) is 12.8 Å². The van der Waals surface area contributed by atoms with Crippen molar-refractivity contribution in [3.8, 4) is 0 Å². The molecule has 1 unspecified atom stereocenters. The lowest BCUT2D eigenvalue weighted by Crippen LogP contribution is -2.38. The summed E-state index contributed by atoms with van der Waals surface area (Å²) in [6.07, 6.45) is 5.11. The van der Waals surface area contributed by atoms with E-state index in [0.29, 0.717) is 23.7 Å². The molecule has 28 heavy (non-hydrogen) atoms. The molecule has 0 spiro atoms. The number of carbonyl (C=O) groups is 3. The van der Waals surface area contributed by atoms with Gasteiger partial charge in [0.15, 0.2) is 6.10 Å². The predicted molar refractivity (Wildman–Crippen MR) is 109 cm³/mol. The topological polar surface area (TPSA) is 84.5 Å². The SMILES string of the molecule is CC(OC(=O)c1cccc(NC(=O)C(C)(C)C)c1)C(=O)NCC1CCCCC1. The Morgan fingerprint density at radius 3 is 2.46 bits per heavy atom. The minimum Gasteiger partial charge on any atom is -0.449 e. The first-order chi connectivity index (χ1) is 13.2. The Kier molecular flexibility index (Phi) is 7.61. The van der Waals surface area contributed by atoms with Gasteiger partial charge in [0.2, 0.25) is 5.91 Å². The van der Waals surface area contributed by atoms with Gasteiger partial charge in [-0.1, -0.05) is 46.1 Å². The molecule has 0 aromatic heterocycles. The normalized spacial score (nSPS) is 16.1. The van der Waals surface area contributed by atoms with Gasteiger partial charge in [-0.05, 0) is 43.9 Å². The first kappa shape index (κ1) is 21.9. The highest BCUT2D eigenvalue weighted by molar-refractivity contribution is 5.97. The maximum atomic E-state index is 12.4. The van der Waals surface area contributed by atoms with Crippen molar-refractivity contribution in [1.82, 2.24) is 5.32 Å². The number of ether oxygens (including phenoxy) is 1. The van der Waals surface area contributed by atoms with Crippen LogP contribution in [0.3, 0.4) is 0 Å². The molecule has 1 saturated carbocycles. The summed E-state index contributed by atoms with van der Waals surface area (Å²) in [7, 11) is 0. The van der Waals surface area contributed by atoms with E-state index in [4.69, 9.17) is 4.74 Å². The van der Waals surface area contributed by atoms with Crippen LogP contribution in [0.15, 0.2) is 24.3 Å². The molecule has 0 heterocycles. The zero-order valence-corrected chi connectivity index (χ0v) is 17.3. The zero-order chi connectivity index (χ0) is 20.7. The Morgan fingerprint density at radius 1 is 1.14 bits per heavy atom. The standard InChI is InChI=1S/C22H32N2O4/c1-15(19(25)23-14-16-9-6-5-7-10-16)28-20(26)17-11-8-12-18(13-17)24-21(27)22(2,3)4/h8,11-13,15-16H,5-7,9-10,14H2,1-4H3,(H,23,25)(H,24,27). The Balaban J connectivity index is 1.88. The molecule has 0 radical (unpaired) electrons. The van der Waals surface area contributed by atoms with E-state index in [1.807, 2.05) is 20.8 Å². The Bertz CT molecular complexity index is 703. The van der Waals surface area contributed by atoms with E-state index >= 15 is 0 Å². The molecule has 154 valence electrons. The Labute approximate surface area is 167 Å². The number of benzene rings is 1. The van der Waals surface area contributed by atoms with E-state index < -0.39 is 17.5 Å². The second-order valence-electron chi connectivity index (χ2n) is 8.58. The summed E-state index contributed by atoms with van der Waals surface area (Å²) in [4.78, 5) is 36.7. The van der Waals surface area contributed by atoms with Crippen LogP contribution in [-0.2, 0) is 14.3 Å². The van der Waals surface area contributed by atoms with Crippen LogP contribution in [0.2, 0.25) is 0 Å². The van der Waals surface area contributed by atoms with Crippen LogP contribution < -0.4 is 10.6 Å². The molecule has 1 aromatic carbocycles. The van der Waals surface area contributed by atoms with Crippen LogP contribution in [0.1, 0.15) is 70.2 Å². The summed E-state index contributed by atoms with van der Waals surface area (Å²) >= 11 is 0. The Morgan fingerprint density at radius 2 is 1.82 bits per heavy atom. The molecule has 0 aliphatic heterocycles. The van der Waals surface area contributed by atoms with E-state index in [9.17, 15) is 14.4 Å². The number of nitrogens with one attached hydrogen (secondary N) is 2. The number of hydrogen-bond acceptors (Lipinski definition) is 4. The number of hydrogen-bond donors (Lipinski definition) is 2. The van der Waals surface area contributed by atoms with E-state index in [2.05, 4.69) is 10.6 Å². The predicted octanol–water partition coefficient (Wildman–Crippen LogP) is 3.91. The summed E-state index contributed by atoms with van der Waals surface area (Å²) in [5.74, 6) is -0.500. The molecule has 1 fully saturated rings. The van der Waals surface area contributed by atoms with Crippen molar-refractivity contribution in [3.05, 3.63) is 29.8 Å². The molecule has 1 atom stereocenters. The fourth-order valence-electron chi connectivity index (χ4n) is 3.10. The van der Waals surface area contributed by atoms with E-state index in [1.165, 1.54) is 19.3 Å². The lowest BCUT2D eigenvalue weighted by atomic mass is 9.89. The average Bonchev–Trinajstić information content (AvgIpc) is 2.66. The summed E-state index contributed by atoms with van der Waals surface area (Å²) in [5.41, 5.74) is 0.268. The lowest BCUT2D eigenvalue weighted by molar-refractivity contribution is -0.129. The monoisotopic (exact) mass is 388 g/mol. The molecule has 0 saturated heterocycles. The molecular formula is C22H32N2O4. The van der Waals surface area contributed by atoms with Gasteiger partial charge in [0.1, 0.15) is 0 Å². The van der Waals surface area contributed by atoms with Gasteiger partial charge < -0.3 is 15.4 Å². The third kappa shape index (κ3) is 6.66. The van der Waals surface area contributed by atoms with Crippen LogP contribution in [0.25, 0.3) is 0 Å². The van der Waals surface area contributed by atoms with Crippen molar-refractivity contribution >= 4 is 23.5 Å². The van der Waals surface area contributed by atoms with Crippen molar-refractivity contribution in [3.63, 3.8) is 0 Å². The lowest BCUT2D eigenvalue weighted by Gasteiger charge is -2.22. The fourth-order valence-corrected chi connectivity index (χ4v) is 3.10. The molecule has 2 amide bonds. The summed E-state index contributed by atoms with van der Waals surface area (Å²) in [5, 5.41) is 5.67. The third-order valence-corrected chi connectivity index (χ3v) is 4.98. The quantitative estimate of drug-likeness (QED) is 0.724. The minimum absolute atomic E-state index is 0.145. The van der Waals surface area contributed by atoms with E-state index in [-0.39, 0.29) is 11.8 Å². The van der Waals surface area contributed by atoms with Crippen LogP contribution in [0, 0.1) is 11.3 Å². The minimum atomic E-state index is -0.871. The van der Waals surface area contributed by atoms with Gasteiger partial charge in [0, 0.05) is 17.6 Å². The van der Waals surface area contributed by atoms with Crippen molar-refractivity contribution in [2.75, 3.05) is 11.9 Å². The molecule has 1 aliphatic rings. The van der Waals surface area contributed by atoms with Gasteiger partial charge in [-0.15, -0.1) is 0 Å². The van der Waals surface area contributed by atoms with Gasteiger partial charge in [-0.25, -0.2) is 4.79 Å². The van der Waals surface area contributed by atoms with Crippen molar-refractivity contribution in [2.45, 2.75) is 65.9 Å². The van der Waals surface area contributed by atoms with Crippen LogP contribution >= 0.6 is 0 Å². The first-order valence-corrected chi connectivity index (χ1v) is 10.1. The number of esters is 1. The summed E-state index contributed by atoms with van der Waals surface area (Å²) < 4.78 is 5.30.